The molecule has 1 amide bonds. The minimum absolute atomic E-state index is 0.305. The maximum absolute atomic E-state index is 12.9. The number of hydrogen-bond acceptors (Lipinski definition) is 3. The second-order valence-corrected chi connectivity index (χ2v) is 8.48. The van der Waals surface area contributed by atoms with E-state index in [0.717, 1.165) is 37.0 Å². The third kappa shape index (κ3) is 4.54. The van der Waals surface area contributed by atoms with E-state index in [2.05, 4.69) is 15.6 Å². The fourth-order valence-corrected chi connectivity index (χ4v) is 5.56. The highest BCUT2D eigenvalue weighted by molar-refractivity contribution is 8.02. The van der Waals surface area contributed by atoms with Crippen molar-refractivity contribution in [3.63, 3.8) is 0 Å². The summed E-state index contributed by atoms with van der Waals surface area (Å²) in [6.45, 7) is 5.31. The van der Waals surface area contributed by atoms with Gasteiger partial charge in [0.1, 0.15) is 0 Å². The SMILES string of the molecule is C/C(=C\SCC1CCNCC1)C(=O)N1CCCC2CCCCC21. The Bertz CT molecular complexity index is 429. The highest BCUT2D eigenvalue weighted by Gasteiger charge is 2.35. The number of nitrogens with one attached hydrogen (secondary N) is 1. The van der Waals surface area contributed by atoms with E-state index in [1.807, 2.05) is 18.7 Å². The molecule has 2 heterocycles. The van der Waals surface area contributed by atoms with Crippen LogP contribution in [0.1, 0.15) is 58.3 Å². The van der Waals surface area contributed by atoms with E-state index in [1.54, 1.807) is 0 Å². The molecule has 0 bridgehead atoms. The monoisotopic (exact) mass is 336 g/mol. The summed E-state index contributed by atoms with van der Waals surface area (Å²) in [5.41, 5.74) is 0.954. The Balaban J connectivity index is 1.52. The molecular formula is C19H32N2OS. The van der Waals surface area contributed by atoms with Gasteiger partial charge in [-0.25, -0.2) is 0 Å². The quantitative estimate of drug-likeness (QED) is 0.793. The van der Waals surface area contributed by atoms with Crippen LogP contribution in [0.4, 0.5) is 0 Å². The van der Waals surface area contributed by atoms with Gasteiger partial charge < -0.3 is 10.2 Å². The number of thioether (sulfide) groups is 1. The summed E-state index contributed by atoms with van der Waals surface area (Å²) < 4.78 is 0. The molecule has 1 aliphatic carbocycles. The van der Waals surface area contributed by atoms with E-state index >= 15 is 0 Å². The van der Waals surface area contributed by atoms with Crippen LogP contribution >= 0.6 is 11.8 Å². The van der Waals surface area contributed by atoms with Gasteiger partial charge in [-0.15, -0.1) is 11.8 Å². The zero-order valence-corrected chi connectivity index (χ0v) is 15.4. The summed E-state index contributed by atoms with van der Waals surface area (Å²) in [6, 6.07) is 0.530. The van der Waals surface area contributed by atoms with Crippen LogP contribution in [0.15, 0.2) is 11.0 Å². The fourth-order valence-electron chi connectivity index (χ4n) is 4.51. The second-order valence-electron chi connectivity index (χ2n) is 7.58. The van der Waals surface area contributed by atoms with Gasteiger partial charge in [-0.05, 0) is 75.8 Å². The molecule has 0 aromatic carbocycles. The van der Waals surface area contributed by atoms with Crippen molar-refractivity contribution in [3.8, 4) is 0 Å². The van der Waals surface area contributed by atoms with Crippen LogP contribution in [0, 0.1) is 11.8 Å². The molecule has 0 aromatic rings. The molecule has 130 valence electrons. The maximum Gasteiger partial charge on any atom is 0.250 e. The van der Waals surface area contributed by atoms with E-state index in [1.165, 1.54) is 57.1 Å². The minimum atomic E-state index is 0.305. The maximum atomic E-state index is 12.9. The van der Waals surface area contributed by atoms with E-state index in [4.69, 9.17) is 0 Å². The van der Waals surface area contributed by atoms with Crippen molar-refractivity contribution in [2.24, 2.45) is 11.8 Å². The lowest BCUT2D eigenvalue weighted by atomic mass is 9.78. The first-order chi connectivity index (χ1) is 11.3. The summed E-state index contributed by atoms with van der Waals surface area (Å²) in [7, 11) is 0. The van der Waals surface area contributed by atoms with Gasteiger partial charge in [0.05, 0.1) is 0 Å². The molecule has 2 saturated heterocycles. The molecule has 0 aromatic heterocycles. The molecule has 1 saturated carbocycles. The van der Waals surface area contributed by atoms with Crippen molar-refractivity contribution in [2.75, 3.05) is 25.4 Å². The zero-order chi connectivity index (χ0) is 16.1. The summed E-state index contributed by atoms with van der Waals surface area (Å²) in [5.74, 6) is 3.06. The minimum Gasteiger partial charge on any atom is -0.336 e. The molecule has 0 radical (unpaired) electrons. The van der Waals surface area contributed by atoms with Crippen LogP contribution in [0.3, 0.4) is 0 Å². The number of hydrogen-bond donors (Lipinski definition) is 1. The lowest BCUT2D eigenvalue weighted by Crippen LogP contribution is -2.49. The molecule has 1 N–H and O–H groups in total. The van der Waals surface area contributed by atoms with Crippen molar-refractivity contribution in [3.05, 3.63) is 11.0 Å². The van der Waals surface area contributed by atoms with Gasteiger partial charge in [0.25, 0.3) is 0 Å². The first-order valence-corrected chi connectivity index (χ1v) is 10.6. The summed E-state index contributed by atoms with van der Waals surface area (Å²) in [4.78, 5) is 15.1. The van der Waals surface area contributed by atoms with Crippen LogP contribution < -0.4 is 5.32 Å². The highest BCUT2D eigenvalue weighted by Crippen LogP contribution is 2.36. The smallest absolute Gasteiger partial charge is 0.250 e. The van der Waals surface area contributed by atoms with E-state index < -0.39 is 0 Å². The first kappa shape index (κ1) is 17.3. The van der Waals surface area contributed by atoms with E-state index in [9.17, 15) is 4.79 Å². The number of piperidine rings is 2. The van der Waals surface area contributed by atoms with Gasteiger partial charge in [0.15, 0.2) is 0 Å². The normalized spacial score (nSPS) is 30.1. The molecule has 23 heavy (non-hydrogen) atoms. The molecular weight excluding hydrogens is 304 g/mol. The largest absolute Gasteiger partial charge is 0.336 e. The number of rotatable bonds is 4. The molecule has 3 aliphatic rings. The van der Waals surface area contributed by atoms with Gasteiger partial charge in [0.2, 0.25) is 5.91 Å². The number of likely N-dealkylation sites (tertiary alicyclic amines) is 1. The number of carbonyl (C=O) groups excluding carboxylic acids is 1. The Morgan fingerprint density at radius 3 is 2.70 bits per heavy atom. The van der Waals surface area contributed by atoms with Gasteiger partial charge in [0, 0.05) is 23.9 Å². The van der Waals surface area contributed by atoms with Gasteiger partial charge in [-0.1, -0.05) is 12.8 Å². The third-order valence-electron chi connectivity index (χ3n) is 5.89. The lowest BCUT2D eigenvalue weighted by Gasteiger charge is -2.44. The Morgan fingerprint density at radius 1 is 1.13 bits per heavy atom. The van der Waals surface area contributed by atoms with Crippen molar-refractivity contribution in [2.45, 2.75) is 64.3 Å². The molecule has 3 rings (SSSR count). The molecule has 4 heteroatoms. The summed E-state index contributed by atoms with van der Waals surface area (Å²) in [6.07, 6.45) is 10.3. The second kappa shape index (κ2) is 8.57. The number of amides is 1. The summed E-state index contributed by atoms with van der Waals surface area (Å²) >= 11 is 1.85. The van der Waals surface area contributed by atoms with Crippen molar-refractivity contribution in [1.29, 1.82) is 0 Å². The van der Waals surface area contributed by atoms with Crippen molar-refractivity contribution < 1.29 is 4.79 Å². The van der Waals surface area contributed by atoms with Crippen LogP contribution in [-0.4, -0.2) is 42.2 Å². The fraction of sp³-hybridized carbons (Fsp3) is 0.842. The summed E-state index contributed by atoms with van der Waals surface area (Å²) in [5, 5.41) is 5.55. The average Bonchev–Trinajstić information content (AvgIpc) is 2.61. The first-order valence-electron chi connectivity index (χ1n) is 9.56. The highest BCUT2D eigenvalue weighted by atomic mass is 32.2. The Kier molecular flexibility index (Phi) is 6.46. The molecule has 3 nitrogen and oxygen atoms in total. The van der Waals surface area contributed by atoms with Crippen molar-refractivity contribution in [1.82, 2.24) is 10.2 Å². The van der Waals surface area contributed by atoms with E-state index in [0.29, 0.717) is 11.9 Å². The van der Waals surface area contributed by atoms with Crippen LogP contribution in [0.5, 0.6) is 0 Å². The Morgan fingerprint density at radius 2 is 1.87 bits per heavy atom. The van der Waals surface area contributed by atoms with Crippen LogP contribution in [0.25, 0.3) is 0 Å². The predicted octanol–water partition coefficient (Wildman–Crippen LogP) is 3.80. The predicted molar refractivity (Wildman–Crippen MR) is 98.5 cm³/mol. The standard InChI is InChI=1S/C19H32N2OS/c1-15(13-23-14-16-8-10-20-11-9-16)19(22)21-12-4-6-17-5-2-3-7-18(17)21/h13,16-18,20H,2-12,14H2,1H3/b15-13+. The zero-order valence-electron chi connectivity index (χ0n) is 14.6. The van der Waals surface area contributed by atoms with Crippen molar-refractivity contribution >= 4 is 17.7 Å². The lowest BCUT2D eigenvalue weighted by molar-refractivity contribution is -0.133. The molecule has 3 fully saturated rings. The van der Waals surface area contributed by atoms with Gasteiger partial charge in [-0.3, -0.25) is 4.79 Å². The topological polar surface area (TPSA) is 32.3 Å². The third-order valence-corrected chi connectivity index (χ3v) is 7.08. The van der Waals surface area contributed by atoms with Gasteiger partial charge >= 0.3 is 0 Å². The Hall–Kier alpha value is -0.480. The molecule has 0 spiro atoms. The number of fused-ring (bicyclic) bond motifs is 1. The van der Waals surface area contributed by atoms with Crippen LogP contribution in [0.2, 0.25) is 0 Å². The molecule has 2 atom stereocenters. The molecule has 2 unspecified atom stereocenters. The Labute approximate surface area is 145 Å². The molecule has 2 aliphatic heterocycles. The van der Waals surface area contributed by atoms with Gasteiger partial charge in [-0.2, -0.15) is 0 Å². The number of carbonyl (C=O) groups is 1. The number of nitrogens with zero attached hydrogens (tertiary/aromatic N) is 1. The van der Waals surface area contributed by atoms with Crippen LogP contribution in [-0.2, 0) is 4.79 Å². The average molecular weight is 337 g/mol. The van der Waals surface area contributed by atoms with E-state index in [-0.39, 0.29) is 0 Å².